The summed E-state index contributed by atoms with van der Waals surface area (Å²) in [5.74, 6) is 0. The van der Waals surface area contributed by atoms with Crippen LogP contribution in [-0.2, 0) is 10.2 Å². The highest BCUT2D eigenvalue weighted by atomic mass is 32.2. The maximum Gasteiger partial charge on any atom is 0.279 e. The molecule has 1 aliphatic rings. The van der Waals surface area contributed by atoms with Gasteiger partial charge < -0.3 is 5.32 Å². The van der Waals surface area contributed by atoms with Crippen molar-refractivity contribution in [2.75, 3.05) is 20.1 Å². The minimum absolute atomic E-state index is 0.0168. The van der Waals surface area contributed by atoms with Gasteiger partial charge in [-0.15, -0.1) is 0 Å². The number of rotatable bonds is 5. The second kappa shape index (κ2) is 5.95. The van der Waals surface area contributed by atoms with Gasteiger partial charge in [-0.05, 0) is 33.2 Å². The minimum Gasteiger partial charge on any atom is -0.313 e. The SMILES string of the molecule is CC(C)N(C)S(=O)(=O)NCC1CCCCN1. The lowest BCUT2D eigenvalue weighted by atomic mass is 10.1. The molecule has 0 amide bonds. The standard InChI is InChI=1S/C10H23N3O2S/c1-9(2)13(3)16(14,15)12-8-10-6-4-5-7-11-10/h9-12H,4-8H2,1-3H3. The molecule has 2 N–H and O–H groups in total. The summed E-state index contributed by atoms with van der Waals surface area (Å²) in [6.07, 6.45) is 3.42. The van der Waals surface area contributed by atoms with Crippen molar-refractivity contribution in [2.24, 2.45) is 0 Å². The van der Waals surface area contributed by atoms with E-state index in [1.807, 2.05) is 13.8 Å². The predicted molar refractivity (Wildman–Crippen MR) is 65.5 cm³/mol. The Morgan fingerprint density at radius 3 is 2.62 bits per heavy atom. The molecular formula is C10H23N3O2S. The fraction of sp³-hybridized carbons (Fsp3) is 1.00. The molecule has 16 heavy (non-hydrogen) atoms. The molecule has 96 valence electrons. The average Bonchev–Trinajstić information content (AvgIpc) is 2.27. The van der Waals surface area contributed by atoms with Gasteiger partial charge in [0, 0.05) is 25.7 Å². The van der Waals surface area contributed by atoms with E-state index in [4.69, 9.17) is 0 Å². The molecule has 0 aromatic carbocycles. The molecule has 0 radical (unpaired) electrons. The van der Waals surface area contributed by atoms with Crippen molar-refractivity contribution in [2.45, 2.75) is 45.2 Å². The van der Waals surface area contributed by atoms with Crippen LogP contribution >= 0.6 is 0 Å². The van der Waals surface area contributed by atoms with Crippen LogP contribution in [0.25, 0.3) is 0 Å². The lowest BCUT2D eigenvalue weighted by molar-refractivity contribution is 0.377. The van der Waals surface area contributed by atoms with Crippen LogP contribution in [0.15, 0.2) is 0 Å². The summed E-state index contributed by atoms with van der Waals surface area (Å²) < 4.78 is 27.6. The van der Waals surface area contributed by atoms with E-state index in [1.165, 1.54) is 17.1 Å². The van der Waals surface area contributed by atoms with Gasteiger partial charge in [-0.1, -0.05) is 6.42 Å². The zero-order valence-electron chi connectivity index (χ0n) is 10.4. The van der Waals surface area contributed by atoms with E-state index in [-0.39, 0.29) is 12.1 Å². The van der Waals surface area contributed by atoms with Crippen LogP contribution in [0.1, 0.15) is 33.1 Å². The highest BCUT2D eigenvalue weighted by molar-refractivity contribution is 7.87. The predicted octanol–water partition coefficient (Wildman–Crippen LogP) is 0.303. The van der Waals surface area contributed by atoms with Gasteiger partial charge in [0.25, 0.3) is 10.2 Å². The van der Waals surface area contributed by atoms with Crippen molar-refractivity contribution in [3.8, 4) is 0 Å². The van der Waals surface area contributed by atoms with Crippen molar-refractivity contribution in [1.82, 2.24) is 14.3 Å². The van der Waals surface area contributed by atoms with Crippen LogP contribution in [0.4, 0.5) is 0 Å². The van der Waals surface area contributed by atoms with E-state index >= 15 is 0 Å². The topological polar surface area (TPSA) is 61.4 Å². The third kappa shape index (κ3) is 4.01. The maximum atomic E-state index is 11.8. The molecule has 1 atom stereocenters. The smallest absolute Gasteiger partial charge is 0.279 e. The first kappa shape index (κ1) is 13.9. The molecule has 0 aromatic rings. The Bertz CT molecular complexity index is 297. The normalized spacial score (nSPS) is 22.9. The third-order valence-electron chi connectivity index (χ3n) is 3.03. The fourth-order valence-corrected chi connectivity index (χ4v) is 2.85. The summed E-state index contributed by atoms with van der Waals surface area (Å²) in [6.45, 7) is 5.20. The maximum absolute atomic E-state index is 11.8. The summed E-state index contributed by atoms with van der Waals surface area (Å²) in [4.78, 5) is 0. The van der Waals surface area contributed by atoms with Crippen molar-refractivity contribution >= 4 is 10.2 Å². The first-order valence-electron chi connectivity index (χ1n) is 5.89. The van der Waals surface area contributed by atoms with Gasteiger partial charge >= 0.3 is 0 Å². The Kier molecular flexibility index (Phi) is 5.17. The number of hydrogen-bond acceptors (Lipinski definition) is 3. The highest BCUT2D eigenvalue weighted by Gasteiger charge is 2.22. The Morgan fingerprint density at radius 2 is 2.12 bits per heavy atom. The second-order valence-electron chi connectivity index (χ2n) is 4.61. The van der Waals surface area contributed by atoms with Crippen LogP contribution in [-0.4, -0.2) is 44.9 Å². The van der Waals surface area contributed by atoms with E-state index in [9.17, 15) is 8.42 Å². The van der Waals surface area contributed by atoms with Crippen LogP contribution in [0.5, 0.6) is 0 Å². The fourth-order valence-electron chi connectivity index (χ4n) is 1.68. The molecule has 1 rings (SSSR count). The Hall–Kier alpha value is -0.170. The quantitative estimate of drug-likeness (QED) is 0.737. The van der Waals surface area contributed by atoms with Crippen LogP contribution in [0.3, 0.4) is 0 Å². The van der Waals surface area contributed by atoms with Crippen LogP contribution in [0.2, 0.25) is 0 Å². The van der Waals surface area contributed by atoms with Gasteiger partial charge in [-0.25, -0.2) is 4.72 Å². The summed E-state index contributed by atoms with van der Waals surface area (Å²) in [6, 6.07) is 0.265. The minimum atomic E-state index is -3.32. The number of hydrogen-bond donors (Lipinski definition) is 2. The second-order valence-corrected chi connectivity index (χ2v) is 6.43. The molecule has 1 heterocycles. The lowest BCUT2D eigenvalue weighted by Gasteiger charge is -2.26. The van der Waals surface area contributed by atoms with Crippen LogP contribution in [0, 0.1) is 0 Å². The Morgan fingerprint density at radius 1 is 1.44 bits per heavy atom. The summed E-state index contributed by atoms with van der Waals surface area (Å²) in [7, 11) is -1.72. The van der Waals surface area contributed by atoms with Gasteiger partial charge in [-0.3, -0.25) is 0 Å². The molecular weight excluding hydrogens is 226 g/mol. The zero-order valence-corrected chi connectivity index (χ0v) is 11.2. The van der Waals surface area contributed by atoms with Crippen molar-refractivity contribution in [1.29, 1.82) is 0 Å². The summed E-state index contributed by atoms with van der Waals surface area (Å²) in [5.41, 5.74) is 0. The van der Waals surface area contributed by atoms with E-state index in [0.29, 0.717) is 6.54 Å². The highest BCUT2D eigenvalue weighted by Crippen LogP contribution is 2.07. The number of piperidine rings is 1. The summed E-state index contributed by atoms with van der Waals surface area (Å²) in [5, 5.41) is 3.31. The monoisotopic (exact) mass is 249 g/mol. The molecule has 1 aliphatic heterocycles. The third-order valence-corrected chi connectivity index (χ3v) is 4.74. The van der Waals surface area contributed by atoms with Crippen molar-refractivity contribution < 1.29 is 8.42 Å². The van der Waals surface area contributed by atoms with E-state index in [2.05, 4.69) is 10.0 Å². The molecule has 1 saturated heterocycles. The van der Waals surface area contributed by atoms with E-state index < -0.39 is 10.2 Å². The van der Waals surface area contributed by atoms with Crippen molar-refractivity contribution in [3.05, 3.63) is 0 Å². The molecule has 0 bridgehead atoms. The molecule has 6 heteroatoms. The zero-order chi connectivity index (χ0) is 12.2. The van der Waals surface area contributed by atoms with Crippen LogP contribution < -0.4 is 10.0 Å². The Labute approximate surface area is 98.8 Å². The van der Waals surface area contributed by atoms with Gasteiger partial charge in [0.05, 0.1) is 0 Å². The number of nitrogens with zero attached hydrogens (tertiary/aromatic N) is 1. The van der Waals surface area contributed by atoms with E-state index in [0.717, 1.165) is 13.0 Å². The van der Waals surface area contributed by atoms with Gasteiger partial charge in [-0.2, -0.15) is 12.7 Å². The lowest BCUT2D eigenvalue weighted by Crippen LogP contribution is -2.48. The molecule has 0 aliphatic carbocycles. The molecule has 5 nitrogen and oxygen atoms in total. The Balaban J connectivity index is 2.41. The molecule has 1 unspecified atom stereocenters. The molecule has 0 spiro atoms. The largest absolute Gasteiger partial charge is 0.313 e. The molecule has 1 fully saturated rings. The first-order valence-corrected chi connectivity index (χ1v) is 7.33. The van der Waals surface area contributed by atoms with Gasteiger partial charge in [0.1, 0.15) is 0 Å². The van der Waals surface area contributed by atoms with Crippen molar-refractivity contribution in [3.63, 3.8) is 0 Å². The van der Waals surface area contributed by atoms with Gasteiger partial charge in [0.15, 0.2) is 0 Å². The first-order chi connectivity index (χ1) is 7.43. The summed E-state index contributed by atoms with van der Waals surface area (Å²) >= 11 is 0. The molecule has 0 saturated carbocycles. The van der Waals surface area contributed by atoms with E-state index in [1.54, 1.807) is 7.05 Å². The number of nitrogens with one attached hydrogen (secondary N) is 2. The average molecular weight is 249 g/mol. The van der Waals surface area contributed by atoms with Gasteiger partial charge in [0.2, 0.25) is 0 Å². The molecule has 0 aromatic heterocycles.